The van der Waals surface area contributed by atoms with Crippen LogP contribution in [0.5, 0.6) is 0 Å². The van der Waals surface area contributed by atoms with Gasteiger partial charge in [0.05, 0.1) is 25.4 Å². The summed E-state index contributed by atoms with van der Waals surface area (Å²) >= 11 is 0. The average Bonchev–Trinajstić information content (AvgIpc) is 2.67. The fourth-order valence-electron chi connectivity index (χ4n) is 4.78. The molecule has 4 atom stereocenters. The molecule has 2 aliphatic rings. The Morgan fingerprint density at radius 3 is 1.59 bits per heavy atom. The van der Waals surface area contributed by atoms with Crippen molar-refractivity contribution >= 4 is 0 Å². The van der Waals surface area contributed by atoms with E-state index in [0.717, 1.165) is 31.3 Å². The van der Waals surface area contributed by atoms with Gasteiger partial charge in [-0.2, -0.15) is 0 Å². The van der Waals surface area contributed by atoms with Crippen LogP contribution in [0.25, 0.3) is 0 Å². The standard InChI is InChI=1S/C13H26O2.C12H24O2/c1-11(2)13(3)7-4-6-12(10-13)15-9-5-8-14;1-10(2)12(3)6-4-5-11(9-12)14-8-7-13/h11-12,14H,4-10H2,1-3H3;10-11,13H,4-9H2,1-3H3. The number of aliphatic hydroxyl groups excluding tert-OH is 2. The van der Waals surface area contributed by atoms with Crippen LogP contribution in [0, 0.1) is 22.7 Å². The summed E-state index contributed by atoms with van der Waals surface area (Å²) in [7, 11) is 0. The van der Waals surface area contributed by atoms with Crippen LogP contribution in [0.3, 0.4) is 0 Å². The summed E-state index contributed by atoms with van der Waals surface area (Å²) < 4.78 is 11.4. The Hall–Kier alpha value is -0.160. The lowest BCUT2D eigenvalue weighted by Gasteiger charge is -2.41. The second-order valence-corrected chi connectivity index (χ2v) is 10.6. The van der Waals surface area contributed by atoms with E-state index < -0.39 is 0 Å². The Kier molecular flexibility index (Phi) is 12.3. The zero-order valence-electron chi connectivity index (χ0n) is 20.2. The summed E-state index contributed by atoms with van der Waals surface area (Å²) in [6.45, 7) is 15.6. The van der Waals surface area contributed by atoms with Gasteiger partial charge in [-0.1, -0.05) is 54.4 Å². The van der Waals surface area contributed by atoms with Gasteiger partial charge in [0, 0.05) is 13.2 Å². The summed E-state index contributed by atoms with van der Waals surface area (Å²) in [6, 6.07) is 0. The number of rotatable bonds is 9. The van der Waals surface area contributed by atoms with Crippen molar-refractivity contribution in [3.63, 3.8) is 0 Å². The van der Waals surface area contributed by atoms with Crippen LogP contribution >= 0.6 is 0 Å². The molecule has 0 aromatic heterocycles. The normalized spacial score (nSPS) is 32.9. The molecule has 0 aromatic carbocycles. The molecule has 2 fully saturated rings. The molecule has 4 unspecified atom stereocenters. The first kappa shape index (κ1) is 26.9. The van der Waals surface area contributed by atoms with E-state index in [2.05, 4.69) is 41.5 Å². The summed E-state index contributed by atoms with van der Waals surface area (Å²) in [5, 5.41) is 17.4. The maximum Gasteiger partial charge on any atom is 0.0701 e. The second kappa shape index (κ2) is 13.3. The van der Waals surface area contributed by atoms with Gasteiger partial charge in [0.25, 0.3) is 0 Å². The van der Waals surface area contributed by atoms with Crippen LogP contribution in [0.2, 0.25) is 0 Å². The van der Waals surface area contributed by atoms with E-state index in [-0.39, 0.29) is 13.2 Å². The smallest absolute Gasteiger partial charge is 0.0701 e. The quantitative estimate of drug-likeness (QED) is 0.483. The predicted octanol–water partition coefficient (Wildman–Crippen LogP) is 5.59. The Morgan fingerprint density at radius 1 is 0.759 bits per heavy atom. The fraction of sp³-hybridized carbons (Fsp3) is 1.00. The Labute approximate surface area is 180 Å². The summed E-state index contributed by atoms with van der Waals surface area (Å²) in [5.41, 5.74) is 0.903. The second-order valence-electron chi connectivity index (χ2n) is 10.6. The minimum absolute atomic E-state index is 0.148. The molecule has 0 amide bonds. The minimum atomic E-state index is 0.148. The van der Waals surface area contributed by atoms with Crippen molar-refractivity contribution in [2.24, 2.45) is 22.7 Å². The molecule has 0 aromatic rings. The van der Waals surface area contributed by atoms with Crippen LogP contribution in [0.1, 0.15) is 99.3 Å². The molecule has 2 rings (SSSR count). The molecule has 174 valence electrons. The Balaban J connectivity index is 0.000000291. The molecule has 0 radical (unpaired) electrons. The number of hydrogen-bond donors (Lipinski definition) is 2. The molecule has 2 N–H and O–H groups in total. The van der Waals surface area contributed by atoms with Gasteiger partial charge in [0.2, 0.25) is 0 Å². The van der Waals surface area contributed by atoms with Crippen LogP contribution in [-0.2, 0) is 9.47 Å². The first-order valence-electron chi connectivity index (χ1n) is 12.1. The molecule has 4 nitrogen and oxygen atoms in total. The lowest BCUT2D eigenvalue weighted by molar-refractivity contribution is -0.0361. The first-order chi connectivity index (χ1) is 13.7. The monoisotopic (exact) mass is 414 g/mol. The maximum absolute atomic E-state index is 8.71. The van der Waals surface area contributed by atoms with Gasteiger partial charge in [-0.3, -0.25) is 0 Å². The topological polar surface area (TPSA) is 58.9 Å². The molecule has 2 aliphatic carbocycles. The largest absolute Gasteiger partial charge is 0.396 e. The third kappa shape index (κ3) is 9.25. The van der Waals surface area contributed by atoms with E-state index >= 15 is 0 Å². The van der Waals surface area contributed by atoms with Crippen molar-refractivity contribution in [1.82, 2.24) is 0 Å². The molecule has 2 saturated carbocycles. The number of ether oxygens (including phenoxy) is 2. The first-order valence-corrected chi connectivity index (χ1v) is 12.1. The predicted molar refractivity (Wildman–Crippen MR) is 121 cm³/mol. The molecule has 0 heterocycles. The van der Waals surface area contributed by atoms with Crippen molar-refractivity contribution in [3.8, 4) is 0 Å². The average molecular weight is 415 g/mol. The van der Waals surface area contributed by atoms with E-state index in [4.69, 9.17) is 19.7 Å². The van der Waals surface area contributed by atoms with Crippen LogP contribution < -0.4 is 0 Å². The molecule has 0 aliphatic heterocycles. The summed E-state index contributed by atoms with van der Waals surface area (Å²) in [4.78, 5) is 0. The molecule has 0 bridgehead atoms. The van der Waals surface area contributed by atoms with Gasteiger partial charge in [-0.05, 0) is 67.6 Å². The fourth-order valence-corrected chi connectivity index (χ4v) is 4.78. The van der Waals surface area contributed by atoms with Gasteiger partial charge < -0.3 is 19.7 Å². The SMILES string of the molecule is CC(C)C1(C)CCCC(OCCCO)C1.CC(C)C1(C)CCCC(OCCO)C1. The minimum Gasteiger partial charge on any atom is -0.396 e. The van der Waals surface area contributed by atoms with Gasteiger partial charge in [-0.15, -0.1) is 0 Å². The van der Waals surface area contributed by atoms with E-state index in [1.807, 2.05) is 0 Å². The van der Waals surface area contributed by atoms with Gasteiger partial charge in [0.15, 0.2) is 0 Å². The van der Waals surface area contributed by atoms with Crippen molar-refractivity contribution in [1.29, 1.82) is 0 Å². The highest BCUT2D eigenvalue weighted by Crippen LogP contribution is 2.43. The molecule has 4 heteroatoms. The van der Waals surface area contributed by atoms with Crippen LogP contribution in [0.4, 0.5) is 0 Å². The highest BCUT2D eigenvalue weighted by atomic mass is 16.5. The zero-order chi connectivity index (χ0) is 21.9. The lowest BCUT2D eigenvalue weighted by Crippen LogP contribution is -2.34. The van der Waals surface area contributed by atoms with Crippen LogP contribution in [-0.4, -0.2) is 48.8 Å². The van der Waals surface area contributed by atoms with Gasteiger partial charge >= 0.3 is 0 Å². The van der Waals surface area contributed by atoms with Crippen LogP contribution in [0.15, 0.2) is 0 Å². The molecule has 0 spiro atoms. The van der Waals surface area contributed by atoms with E-state index in [1.165, 1.54) is 44.9 Å². The Morgan fingerprint density at radius 2 is 1.21 bits per heavy atom. The summed E-state index contributed by atoms with van der Waals surface area (Å²) in [6.07, 6.45) is 11.5. The van der Waals surface area contributed by atoms with E-state index in [9.17, 15) is 0 Å². The highest BCUT2D eigenvalue weighted by Gasteiger charge is 2.35. The molecule has 0 saturated heterocycles. The lowest BCUT2D eigenvalue weighted by atomic mass is 9.67. The van der Waals surface area contributed by atoms with E-state index in [0.29, 0.717) is 29.6 Å². The molecular weight excluding hydrogens is 364 g/mol. The van der Waals surface area contributed by atoms with Crippen molar-refractivity contribution in [2.45, 2.75) is 112 Å². The Bertz CT molecular complexity index is 425. The number of hydrogen-bond acceptors (Lipinski definition) is 4. The van der Waals surface area contributed by atoms with Crippen molar-refractivity contribution in [2.75, 3.05) is 26.4 Å². The van der Waals surface area contributed by atoms with Gasteiger partial charge in [-0.25, -0.2) is 0 Å². The number of aliphatic hydroxyl groups is 2. The van der Waals surface area contributed by atoms with Crippen molar-refractivity contribution in [3.05, 3.63) is 0 Å². The van der Waals surface area contributed by atoms with Crippen molar-refractivity contribution < 1.29 is 19.7 Å². The van der Waals surface area contributed by atoms with Gasteiger partial charge in [0.1, 0.15) is 0 Å². The van der Waals surface area contributed by atoms with E-state index in [1.54, 1.807) is 0 Å². The highest BCUT2D eigenvalue weighted by molar-refractivity contribution is 4.86. The third-order valence-corrected chi connectivity index (χ3v) is 7.82. The summed E-state index contributed by atoms with van der Waals surface area (Å²) in [5.74, 6) is 1.46. The zero-order valence-corrected chi connectivity index (χ0v) is 20.2. The molecular formula is C25H50O4. The maximum atomic E-state index is 8.71. The molecule has 29 heavy (non-hydrogen) atoms. The third-order valence-electron chi connectivity index (χ3n) is 7.82.